The number of hydrogen-bond donors (Lipinski definition) is 2. The number of carboxylic acids is 1. The average molecular weight is 315 g/mol. The number of carbonyl (C=O) groups excluding carboxylic acids is 1. The largest absolute Gasteiger partial charge is 0.480 e. The maximum Gasteiger partial charge on any atom is 0.371 e. The Kier molecular flexibility index (Phi) is 3.82. The van der Waals surface area contributed by atoms with E-state index in [0.717, 1.165) is 16.9 Å². The number of fused-ring (bicyclic) bond motifs is 1. The number of amides is 1. The lowest BCUT2D eigenvalue weighted by Crippen LogP contribution is -2.36. The SMILES string of the molecule is Cc1cc2c(cc1C)O[C@@H](C(=O)NCc1ccc(C(=O)O)o1)C2. The van der Waals surface area contributed by atoms with Crippen molar-refractivity contribution in [2.24, 2.45) is 0 Å². The molecule has 120 valence electrons. The van der Waals surface area contributed by atoms with E-state index in [1.807, 2.05) is 26.0 Å². The van der Waals surface area contributed by atoms with Gasteiger partial charge in [0.15, 0.2) is 6.10 Å². The number of aromatic carboxylic acids is 1. The first kappa shape index (κ1) is 15.1. The quantitative estimate of drug-likeness (QED) is 0.903. The Hall–Kier alpha value is -2.76. The van der Waals surface area contributed by atoms with Crippen molar-refractivity contribution in [3.05, 3.63) is 52.5 Å². The fraction of sp³-hybridized carbons (Fsp3) is 0.294. The highest BCUT2D eigenvalue weighted by molar-refractivity contribution is 5.84. The Balaban J connectivity index is 1.60. The molecule has 0 bridgehead atoms. The van der Waals surface area contributed by atoms with Crippen molar-refractivity contribution < 1.29 is 23.8 Å². The molecule has 0 saturated carbocycles. The van der Waals surface area contributed by atoms with Crippen molar-refractivity contribution in [2.75, 3.05) is 0 Å². The van der Waals surface area contributed by atoms with Gasteiger partial charge < -0.3 is 19.6 Å². The number of carboxylic acid groups (broad SMARTS) is 1. The molecular weight excluding hydrogens is 298 g/mol. The van der Waals surface area contributed by atoms with Crippen LogP contribution in [0.2, 0.25) is 0 Å². The van der Waals surface area contributed by atoms with Gasteiger partial charge in [-0.1, -0.05) is 6.07 Å². The Bertz CT molecular complexity index is 746. The van der Waals surface area contributed by atoms with Gasteiger partial charge in [0.2, 0.25) is 5.76 Å². The summed E-state index contributed by atoms with van der Waals surface area (Å²) in [6, 6.07) is 6.88. The fourth-order valence-corrected chi connectivity index (χ4v) is 2.54. The van der Waals surface area contributed by atoms with E-state index in [1.54, 1.807) is 0 Å². The number of rotatable bonds is 4. The first-order valence-electron chi connectivity index (χ1n) is 7.30. The monoisotopic (exact) mass is 315 g/mol. The summed E-state index contributed by atoms with van der Waals surface area (Å²) in [5.74, 6) is -0.394. The topological polar surface area (TPSA) is 88.8 Å². The van der Waals surface area contributed by atoms with E-state index in [0.29, 0.717) is 12.2 Å². The van der Waals surface area contributed by atoms with E-state index in [1.165, 1.54) is 17.7 Å². The molecule has 2 heterocycles. The van der Waals surface area contributed by atoms with Gasteiger partial charge in [0.1, 0.15) is 11.5 Å². The summed E-state index contributed by atoms with van der Waals surface area (Å²) in [6.45, 7) is 4.16. The first-order chi connectivity index (χ1) is 10.9. The lowest BCUT2D eigenvalue weighted by Gasteiger charge is -2.10. The zero-order valence-corrected chi connectivity index (χ0v) is 12.9. The molecule has 6 nitrogen and oxygen atoms in total. The minimum absolute atomic E-state index is 0.125. The van der Waals surface area contributed by atoms with Crippen LogP contribution in [-0.4, -0.2) is 23.1 Å². The summed E-state index contributed by atoms with van der Waals surface area (Å²) in [7, 11) is 0. The van der Waals surface area contributed by atoms with Crippen LogP contribution in [0.3, 0.4) is 0 Å². The summed E-state index contributed by atoms with van der Waals surface area (Å²) in [4.78, 5) is 22.9. The van der Waals surface area contributed by atoms with E-state index >= 15 is 0 Å². The van der Waals surface area contributed by atoms with Gasteiger partial charge in [-0.15, -0.1) is 0 Å². The van der Waals surface area contributed by atoms with Crippen LogP contribution < -0.4 is 10.1 Å². The van der Waals surface area contributed by atoms with Crippen molar-refractivity contribution in [3.8, 4) is 5.75 Å². The van der Waals surface area contributed by atoms with E-state index in [2.05, 4.69) is 5.32 Å². The number of ether oxygens (including phenoxy) is 1. The van der Waals surface area contributed by atoms with Gasteiger partial charge in [-0.05, 0) is 48.7 Å². The van der Waals surface area contributed by atoms with Crippen LogP contribution >= 0.6 is 0 Å². The molecule has 1 aromatic heterocycles. The van der Waals surface area contributed by atoms with Crippen molar-refractivity contribution in [3.63, 3.8) is 0 Å². The maximum absolute atomic E-state index is 12.2. The zero-order chi connectivity index (χ0) is 16.6. The van der Waals surface area contributed by atoms with Gasteiger partial charge in [0.05, 0.1) is 6.54 Å². The Morgan fingerprint density at radius 2 is 2.00 bits per heavy atom. The molecule has 6 heteroatoms. The number of benzene rings is 1. The smallest absolute Gasteiger partial charge is 0.371 e. The standard InChI is InChI=1S/C17H17NO5/c1-9-5-11-7-15(23-14(11)6-10(9)2)16(19)18-8-12-3-4-13(22-12)17(20)21/h3-6,15H,7-8H2,1-2H3,(H,18,19)(H,20,21)/t15-/m1/s1. The third kappa shape index (κ3) is 3.06. The summed E-state index contributed by atoms with van der Waals surface area (Å²) in [5.41, 5.74) is 3.33. The second kappa shape index (κ2) is 5.79. The molecule has 23 heavy (non-hydrogen) atoms. The highest BCUT2D eigenvalue weighted by Crippen LogP contribution is 2.31. The van der Waals surface area contributed by atoms with Crippen LogP contribution in [0.25, 0.3) is 0 Å². The second-order valence-electron chi connectivity index (χ2n) is 5.64. The number of nitrogens with one attached hydrogen (secondary N) is 1. The second-order valence-corrected chi connectivity index (χ2v) is 5.64. The van der Waals surface area contributed by atoms with Gasteiger partial charge >= 0.3 is 5.97 Å². The molecule has 1 aromatic carbocycles. The molecule has 1 amide bonds. The third-order valence-corrected chi connectivity index (χ3v) is 3.95. The van der Waals surface area contributed by atoms with Crippen LogP contribution in [0.1, 0.15) is 33.0 Å². The molecule has 1 aliphatic heterocycles. The van der Waals surface area contributed by atoms with Gasteiger partial charge in [0.25, 0.3) is 5.91 Å². The van der Waals surface area contributed by atoms with Gasteiger partial charge in [0, 0.05) is 6.42 Å². The molecule has 0 fully saturated rings. The van der Waals surface area contributed by atoms with Crippen molar-refractivity contribution in [1.82, 2.24) is 5.32 Å². The summed E-state index contributed by atoms with van der Waals surface area (Å²) in [6.07, 6.45) is -0.0408. The minimum Gasteiger partial charge on any atom is -0.480 e. The Morgan fingerprint density at radius 3 is 2.70 bits per heavy atom. The van der Waals surface area contributed by atoms with Gasteiger partial charge in [-0.25, -0.2) is 4.79 Å². The number of aryl methyl sites for hydroxylation is 2. The highest BCUT2D eigenvalue weighted by atomic mass is 16.5. The molecule has 0 spiro atoms. The van der Waals surface area contributed by atoms with Crippen LogP contribution in [0.4, 0.5) is 0 Å². The van der Waals surface area contributed by atoms with Crippen LogP contribution in [0.5, 0.6) is 5.75 Å². The normalized spacial score (nSPS) is 15.8. The molecule has 2 aromatic rings. The fourth-order valence-electron chi connectivity index (χ4n) is 2.54. The first-order valence-corrected chi connectivity index (χ1v) is 7.30. The minimum atomic E-state index is -1.14. The highest BCUT2D eigenvalue weighted by Gasteiger charge is 2.29. The summed E-state index contributed by atoms with van der Waals surface area (Å²) < 4.78 is 10.8. The molecule has 0 saturated heterocycles. The van der Waals surface area contributed by atoms with E-state index < -0.39 is 12.1 Å². The van der Waals surface area contributed by atoms with E-state index in [9.17, 15) is 9.59 Å². The van der Waals surface area contributed by atoms with Crippen molar-refractivity contribution >= 4 is 11.9 Å². The number of furan rings is 1. The van der Waals surface area contributed by atoms with E-state index in [4.69, 9.17) is 14.3 Å². The maximum atomic E-state index is 12.2. The van der Waals surface area contributed by atoms with Crippen molar-refractivity contribution in [1.29, 1.82) is 0 Å². The van der Waals surface area contributed by atoms with Gasteiger partial charge in [-0.3, -0.25) is 4.79 Å². The molecule has 2 N–H and O–H groups in total. The van der Waals surface area contributed by atoms with E-state index in [-0.39, 0.29) is 18.2 Å². The summed E-state index contributed by atoms with van der Waals surface area (Å²) >= 11 is 0. The molecule has 0 unspecified atom stereocenters. The number of carbonyl (C=O) groups is 2. The van der Waals surface area contributed by atoms with Gasteiger partial charge in [-0.2, -0.15) is 0 Å². The molecule has 1 aliphatic rings. The van der Waals surface area contributed by atoms with Crippen LogP contribution in [0.15, 0.2) is 28.7 Å². The molecule has 1 atom stereocenters. The van der Waals surface area contributed by atoms with Crippen LogP contribution in [0, 0.1) is 13.8 Å². The molecule has 0 aliphatic carbocycles. The predicted molar refractivity (Wildman–Crippen MR) is 81.6 cm³/mol. The van der Waals surface area contributed by atoms with Crippen molar-refractivity contribution in [2.45, 2.75) is 32.9 Å². The number of hydrogen-bond acceptors (Lipinski definition) is 4. The Morgan fingerprint density at radius 1 is 1.26 bits per heavy atom. The molecule has 3 rings (SSSR count). The molecule has 0 radical (unpaired) electrons. The summed E-state index contributed by atoms with van der Waals surface area (Å²) in [5, 5.41) is 11.5. The third-order valence-electron chi connectivity index (χ3n) is 3.95. The van der Waals surface area contributed by atoms with Crippen LogP contribution in [-0.2, 0) is 17.8 Å². The lowest BCUT2D eigenvalue weighted by molar-refractivity contribution is -0.127. The average Bonchev–Trinajstić information content (AvgIpc) is 3.12. The predicted octanol–water partition coefficient (Wildman–Crippen LogP) is 2.21. The molecular formula is C17H17NO5. The Labute approximate surface area is 133 Å². The lowest BCUT2D eigenvalue weighted by atomic mass is 10.0. The zero-order valence-electron chi connectivity index (χ0n) is 12.9.